The van der Waals surface area contributed by atoms with Crippen LogP contribution in [0, 0.1) is 0 Å². The van der Waals surface area contributed by atoms with E-state index in [-0.39, 0.29) is 11.7 Å². The summed E-state index contributed by atoms with van der Waals surface area (Å²) in [5, 5.41) is 14.2. The maximum Gasteiger partial charge on any atom is 0.134 e. The molecule has 2 atom stereocenters. The van der Waals surface area contributed by atoms with Crippen LogP contribution in [0.4, 0.5) is 0 Å². The first-order valence-electron chi connectivity index (χ1n) is 7.67. The van der Waals surface area contributed by atoms with Crippen molar-refractivity contribution in [1.29, 1.82) is 0 Å². The molecular formula is C18H17BrClNO. The number of hydrogen-bond donors (Lipinski definition) is 2. The Morgan fingerprint density at radius 1 is 1.18 bits per heavy atom. The van der Waals surface area contributed by atoms with Crippen molar-refractivity contribution in [2.45, 2.75) is 31.2 Å². The van der Waals surface area contributed by atoms with Crippen LogP contribution in [0.5, 0.6) is 5.75 Å². The lowest BCUT2D eigenvalue weighted by Crippen LogP contribution is -2.38. The lowest BCUT2D eigenvalue weighted by Gasteiger charge is -2.34. The normalized spacial score (nSPS) is 23.2. The molecule has 0 saturated heterocycles. The quantitative estimate of drug-likeness (QED) is 0.712. The summed E-state index contributed by atoms with van der Waals surface area (Å²) < 4.78 is 1.19. The summed E-state index contributed by atoms with van der Waals surface area (Å²) in [6.07, 6.45) is 3.15. The zero-order valence-corrected chi connectivity index (χ0v) is 14.4. The molecule has 0 fully saturated rings. The summed E-state index contributed by atoms with van der Waals surface area (Å²) in [6.45, 7) is 0.957. The van der Waals surface area contributed by atoms with Crippen LogP contribution in [0.15, 0.2) is 34.8 Å². The Hall–Kier alpha value is -1.03. The van der Waals surface area contributed by atoms with Gasteiger partial charge in [-0.3, -0.25) is 0 Å². The van der Waals surface area contributed by atoms with Crippen LogP contribution in [0.25, 0.3) is 0 Å². The molecule has 2 nitrogen and oxygen atoms in total. The summed E-state index contributed by atoms with van der Waals surface area (Å²) in [5.41, 5.74) is 5.22. The third-order valence-corrected chi connectivity index (χ3v) is 5.99. The molecule has 0 spiro atoms. The van der Waals surface area contributed by atoms with Crippen molar-refractivity contribution in [2.75, 3.05) is 6.54 Å². The van der Waals surface area contributed by atoms with Crippen LogP contribution in [0.3, 0.4) is 0 Å². The Labute approximate surface area is 143 Å². The van der Waals surface area contributed by atoms with Crippen molar-refractivity contribution >= 4 is 27.5 Å². The van der Waals surface area contributed by atoms with E-state index in [0.717, 1.165) is 25.8 Å². The van der Waals surface area contributed by atoms with E-state index in [2.05, 4.69) is 39.4 Å². The number of benzene rings is 2. The molecule has 4 heteroatoms. The maximum absolute atomic E-state index is 10.1. The second-order valence-corrected chi connectivity index (χ2v) is 7.40. The van der Waals surface area contributed by atoms with Crippen molar-refractivity contribution in [3.05, 3.63) is 62.1 Å². The highest BCUT2D eigenvalue weighted by Crippen LogP contribution is 2.43. The highest BCUT2D eigenvalue weighted by molar-refractivity contribution is 9.10. The molecule has 2 N–H and O–H groups in total. The molecule has 2 aromatic rings. The van der Waals surface area contributed by atoms with Gasteiger partial charge < -0.3 is 10.4 Å². The SMILES string of the molecule is Oc1cc2c(cc1Cl)CCN[C@H]1CCc3c(Br)cccc3C21. The van der Waals surface area contributed by atoms with Gasteiger partial charge in [0, 0.05) is 16.4 Å². The number of phenolic OH excluding ortho intramolecular Hbond substituents is 1. The zero-order valence-electron chi connectivity index (χ0n) is 12.1. The minimum Gasteiger partial charge on any atom is -0.506 e. The molecule has 1 aliphatic heterocycles. The van der Waals surface area contributed by atoms with Crippen molar-refractivity contribution in [3.8, 4) is 5.75 Å². The van der Waals surface area contributed by atoms with Crippen LogP contribution in [-0.4, -0.2) is 17.7 Å². The number of fused-ring (bicyclic) bond motifs is 5. The van der Waals surface area contributed by atoms with Gasteiger partial charge in [0.25, 0.3) is 0 Å². The number of halogens is 2. The van der Waals surface area contributed by atoms with Gasteiger partial charge in [-0.1, -0.05) is 39.7 Å². The van der Waals surface area contributed by atoms with E-state index in [1.54, 1.807) is 0 Å². The van der Waals surface area contributed by atoms with Gasteiger partial charge in [0.2, 0.25) is 0 Å². The fraction of sp³-hybridized carbons (Fsp3) is 0.333. The Morgan fingerprint density at radius 3 is 2.91 bits per heavy atom. The van der Waals surface area contributed by atoms with E-state index >= 15 is 0 Å². The standard InChI is InChI=1S/C18H17BrClNO/c19-14-3-1-2-12-11(14)4-5-16-18(12)13-9-17(22)15(20)8-10(13)6-7-21-16/h1-3,8-9,16,18,21-22H,4-7H2/t16-,18?/m0/s1. The van der Waals surface area contributed by atoms with Crippen molar-refractivity contribution in [2.24, 2.45) is 0 Å². The summed E-state index contributed by atoms with van der Waals surface area (Å²) in [6, 6.07) is 10.7. The molecule has 1 heterocycles. The first-order valence-corrected chi connectivity index (χ1v) is 8.84. The largest absolute Gasteiger partial charge is 0.506 e. The zero-order chi connectivity index (χ0) is 15.3. The number of hydrogen-bond acceptors (Lipinski definition) is 2. The lowest BCUT2D eigenvalue weighted by atomic mass is 9.75. The van der Waals surface area contributed by atoms with Crippen LogP contribution in [0.1, 0.15) is 34.6 Å². The fourth-order valence-electron chi connectivity index (χ4n) is 3.94. The predicted molar refractivity (Wildman–Crippen MR) is 92.9 cm³/mol. The molecule has 0 bridgehead atoms. The van der Waals surface area contributed by atoms with Crippen molar-refractivity contribution in [3.63, 3.8) is 0 Å². The number of phenols is 1. The summed E-state index contributed by atoms with van der Waals surface area (Å²) in [7, 11) is 0. The number of rotatable bonds is 0. The van der Waals surface area contributed by atoms with Gasteiger partial charge >= 0.3 is 0 Å². The molecule has 22 heavy (non-hydrogen) atoms. The van der Waals surface area contributed by atoms with Gasteiger partial charge in [-0.05, 0) is 66.3 Å². The molecule has 1 aliphatic carbocycles. The van der Waals surface area contributed by atoms with Gasteiger partial charge in [0.1, 0.15) is 5.75 Å². The van der Waals surface area contributed by atoms with Gasteiger partial charge in [-0.15, -0.1) is 0 Å². The van der Waals surface area contributed by atoms with Crippen molar-refractivity contribution < 1.29 is 5.11 Å². The fourth-order valence-corrected chi connectivity index (χ4v) is 4.70. The molecule has 4 rings (SSSR count). The van der Waals surface area contributed by atoms with Crippen LogP contribution in [0.2, 0.25) is 5.02 Å². The van der Waals surface area contributed by atoms with E-state index in [9.17, 15) is 5.11 Å². The molecule has 114 valence electrons. The summed E-state index contributed by atoms with van der Waals surface area (Å²) in [5.74, 6) is 0.463. The molecule has 1 unspecified atom stereocenters. The first kappa shape index (κ1) is 14.6. The molecule has 2 aromatic carbocycles. The molecule has 0 radical (unpaired) electrons. The molecule has 0 aromatic heterocycles. The van der Waals surface area contributed by atoms with Crippen molar-refractivity contribution in [1.82, 2.24) is 5.32 Å². The summed E-state index contributed by atoms with van der Waals surface area (Å²) in [4.78, 5) is 0. The first-order chi connectivity index (χ1) is 10.6. The summed E-state index contributed by atoms with van der Waals surface area (Å²) >= 11 is 9.81. The minimum atomic E-state index is 0.184. The highest BCUT2D eigenvalue weighted by Gasteiger charge is 2.34. The third kappa shape index (κ3) is 2.27. The topological polar surface area (TPSA) is 32.3 Å². The molecule has 0 amide bonds. The number of aromatic hydroxyl groups is 1. The highest BCUT2D eigenvalue weighted by atomic mass is 79.9. The Balaban J connectivity index is 1.94. The minimum absolute atomic E-state index is 0.184. The average Bonchev–Trinajstić information content (AvgIpc) is 2.67. The van der Waals surface area contributed by atoms with Crippen LogP contribution in [-0.2, 0) is 12.8 Å². The maximum atomic E-state index is 10.1. The van der Waals surface area contributed by atoms with Gasteiger partial charge in [-0.2, -0.15) is 0 Å². The molecule has 2 aliphatic rings. The predicted octanol–water partition coefficient (Wildman–Crippen LogP) is 4.40. The second kappa shape index (κ2) is 5.55. The average molecular weight is 379 g/mol. The van der Waals surface area contributed by atoms with E-state index in [0.29, 0.717) is 11.1 Å². The van der Waals surface area contributed by atoms with E-state index < -0.39 is 0 Å². The van der Waals surface area contributed by atoms with Crippen LogP contribution >= 0.6 is 27.5 Å². The van der Waals surface area contributed by atoms with Gasteiger partial charge in [0.05, 0.1) is 5.02 Å². The Morgan fingerprint density at radius 2 is 2.05 bits per heavy atom. The smallest absolute Gasteiger partial charge is 0.134 e. The van der Waals surface area contributed by atoms with E-state index in [1.807, 2.05) is 12.1 Å². The number of nitrogens with one attached hydrogen (secondary N) is 1. The van der Waals surface area contributed by atoms with E-state index in [1.165, 1.54) is 26.7 Å². The molecular weight excluding hydrogens is 362 g/mol. The Bertz CT molecular complexity index is 746. The lowest BCUT2D eigenvalue weighted by molar-refractivity contribution is 0.431. The Kier molecular flexibility index (Phi) is 3.67. The monoisotopic (exact) mass is 377 g/mol. The van der Waals surface area contributed by atoms with Crippen LogP contribution < -0.4 is 5.32 Å². The second-order valence-electron chi connectivity index (χ2n) is 6.14. The van der Waals surface area contributed by atoms with Gasteiger partial charge in [-0.25, -0.2) is 0 Å². The molecule has 0 saturated carbocycles. The third-order valence-electron chi connectivity index (χ3n) is 4.94. The van der Waals surface area contributed by atoms with E-state index in [4.69, 9.17) is 11.6 Å². The van der Waals surface area contributed by atoms with Gasteiger partial charge in [0.15, 0.2) is 0 Å².